The van der Waals surface area contributed by atoms with Crippen LogP contribution in [0.5, 0.6) is 0 Å². The quantitative estimate of drug-likeness (QED) is 0.879. The Kier molecular flexibility index (Phi) is 5.21. The molecule has 0 unspecified atom stereocenters. The van der Waals surface area contributed by atoms with Crippen LogP contribution in [0.25, 0.3) is 0 Å². The van der Waals surface area contributed by atoms with Crippen LogP contribution in [-0.2, 0) is 0 Å². The van der Waals surface area contributed by atoms with E-state index >= 15 is 0 Å². The molecule has 3 fully saturated rings. The van der Waals surface area contributed by atoms with E-state index in [1.54, 1.807) is 0 Å². The maximum Gasteiger partial charge on any atom is 0.317 e. The van der Waals surface area contributed by atoms with Gasteiger partial charge in [0.15, 0.2) is 0 Å². The normalized spacial score (nSPS) is 26.0. The highest BCUT2D eigenvalue weighted by molar-refractivity contribution is 5.74. The van der Waals surface area contributed by atoms with Crippen molar-refractivity contribution in [3.63, 3.8) is 0 Å². The van der Waals surface area contributed by atoms with Crippen molar-refractivity contribution in [1.29, 1.82) is 0 Å². The van der Waals surface area contributed by atoms with E-state index in [4.69, 9.17) is 0 Å². The fraction of sp³-hybridized carbons (Fsp3) is 0.682. The number of nitrogens with one attached hydrogen (secondary N) is 1. The summed E-state index contributed by atoms with van der Waals surface area (Å²) in [6.07, 6.45) is 8.79. The second kappa shape index (κ2) is 7.59. The number of urea groups is 1. The lowest BCUT2D eigenvalue weighted by Gasteiger charge is -2.60. The molecular formula is C22H33N3O. The first kappa shape index (κ1) is 17.8. The molecule has 0 bridgehead atoms. The Labute approximate surface area is 157 Å². The van der Waals surface area contributed by atoms with Gasteiger partial charge in [0.2, 0.25) is 0 Å². The summed E-state index contributed by atoms with van der Waals surface area (Å²) >= 11 is 0. The van der Waals surface area contributed by atoms with Crippen molar-refractivity contribution in [2.75, 3.05) is 26.2 Å². The Bertz CT molecular complexity index is 603. The summed E-state index contributed by atoms with van der Waals surface area (Å²) in [6.45, 7) is 5.93. The number of hydrogen-bond acceptors (Lipinski definition) is 2. The van der Waals surface area contributed by atoms with E-state index in [-0.39, 0.29) is 6.03 Å². The van der Waals surface area contributed by atoms with Crippen LogP contribution in [0, 0.1) is 5.41 Å². The molecule has 142 valence electrons. The smallest absolute Gasteiger partial charge is 0.317 e. The highest BCUT2D eigenvalue weighted by Gasteiger charge is 2.55. The molecule has 1 spiro atoms. The summed E-state index contributed by atoms with van der Waals surface area (Å²) in [4.78, 5) is 17.0. The van der Waals surface area contributed by atoms with Crippen LogP contribution >= 0.6 is 0 Å². The van der Waals surface area contributed by atoms with Gasteiger partial charge in [-0.2, -0.15) is 0 Å². The minimum absolute atomic E-state index is 0.126. The van der Waals surface area contributed by atoms with Crippen molar-refractivity contribution in [3.8, 4) is 0 Å². The van der Waals surface area contributed by atoms with E-state index in [9.17, 15) is 4.79 Å². The van der Waals surface area contributed by atoms with Crippen LogP contribution in [0.2, 0.25) is 0 Å². The second-order valence-electron chi connectivity index (χ2n) is 8.51. The van der Waals surface area contributed by atoms with Gasteiger partial charge in [-0.15, -0.1) is 0 Å². The summed E-state index contributed by atoms with van der Waals surface area (Å²) in [5, 5.41) is 3.02. The fourth-order valence-corrected chi connectivity index (χ4v) is 5.56. The molecule has 1 N–H and O–H groups in total. The van der Waals surface area contributed by atoms with Crippen LogP contribution < -0.4 is 5.32 Å². The van der Waals surface area contributed by atoms with Gasteiger partial charge in [0, 0.05) is 43.7 Å². The zero-order valence-electron chi connectivity index (χ0n) is 16.1. The number of likely N-dealkylation sites (tertiary alicyclic amines) is 2. The predicted octanol–water partition coefficient (Wildman–Crippen LogP) is 4.19. The number of amides is 2. The molecule has 2 saturated heterocycles. The fourth-order valence-electron chi connectivity index (χ4n) is 5.56. The average Bonchev–Trinajstić information content (AvgIpc) is 3.17. The lowest BCUT2D eigenvalue weighted by molar-refractivity contribution is -0.110. The molecule has 1 aliphatic carbocycles. The molecule has 2 amide bonds. The van der Waals surface area contributed by atoms with Crippen molar-refractivity contribution in [2.45, 2.75) is 64.0 Å². The molecule has 26 heavy (non-hydrogen) atoms. The number of carbonyl (C=O) groups excluding carboxylic acids is 1. The Morgan fingerprint density at radius 1 is 1.15 bits per heavy atom. The summed E-state index contributed by atoms with van der Waals surface area (Å²) in [7, 11) is 0. The topological polar surface area (TPSA) is 35.6 Å². The number of carbonyl (C=O) groups is 1. The van der Waals surface area contributed by atoms with Crippen molar-refractivity contribution >= 4 is 6.03 Å². The molecule has 2 aliphatic heterocycles. The Hall–Kier alpha value is -1.55. The first-order valence-corrected chi connectivity index (χ1v) is 10.6. The number of benzene rings is 1. The van der Waals surface area contributed by atoms with Crippen LogP contribution in [0.1, 0.15) is 63.5 Å². The maximum atomic E-state index is 12.2. The predicted molar refractivity (Wildman–Crippen MR) is 105 cm³/mol. The van der Waals surface area contributed by atoms with Gasteiger partial charge in [-0.1, -0.05) is 50.1 Å². The van der Waals surface area contributed by atoms with Crippen LogP contribution in [0.15, 0.2) is 30.3 Å². The molecule has 0 aromatic heterocycles. The van der Waals surface area contributed by atoms with E-state index in [0.717, 1.165) is 38.9 Å². The van der Waals surface area contributed by atoms with Gasteiger partial charge in [0.25, 0.3) is 0 Å². The van der Waals surface area contributed by atoms with Crippen molar-refractivity contribution in [1.82, 2.24) is 15.1 Å². The number of rotatable bonds is 4. The number of piperidine rings is 1. The molecule has 4 nitrogen and oxygen atoms in total. The zero-order chi connectivity index (χ0) is 18.0. The summed E-state index contributed by atoms with van der Waals surface area (Å²) in [5.41, 5.74) is 2.03. The molecule has 4 rings (SSSR count). The second-order valence-corrected chi connectivity index (χ2v) is 8.51. The van der Waals surface area contributed by atoms with Gasteiger partial charge < -0.3 is 10.2 Å². The molecular weight excluding hydrogens is 322 g/mol. The van der Waals surface area contributed by atoms with E-state index < -0.39 is 0 Å². The van der Waals surface area contributed by atoms with E-state index in [1.807, 2.05) is 4.90 Å². The number of nitrogens with zero attached hydrogens (tertiary/aromatic N) is 2. The van der Waals surface area contributed by atoms with Crippen LogP contribution in [0.3, 0.4) is 0 Å². The molecule has 1 aromatic rings. The summed E-state index contributed by atoms with van der Waals surface area (Å²) in [6, 6.07) is 12.5. The van der Waals surface area contributed by atoms with Gasteiger partial charge in [-0.25, -0.2) is 4.79 Å². The standard InChI is InChI=1S/C22H33N3O/c1-2-14-23-21(26)24-15-10-19(11-16-24)25-17-22(12-6-7-13-22)20(25)18-8-4-3-5-9-18/h3-5,8-9,19-20H,2,6-7,10-17H2,1H3,(H,23,26)/t20-/m1/s1. The summed E-state index contributed by atoms with van der Waals surface area (Å²) in [5.74, 6) is 0. The lowest BCUT2D eigenvalue weighted by atomic mass is 9.66. The SMILES string of the molecule is CCCNC(=O)N1CCC(N2CC3(CCCC3)[C@H]2c2ccccc2)CC1. The van der Waals surface area contributed by atoms with Gasteiger partial charge >= 0.3 is 6.03 Å². The minimum Gasteiger partial charge on any atom is -0.338 e. The minimum atomic E-state index is 0.126. The Morgan fingerprint density at radius 3 is 2.50 bits per heavy atom. The first-order valence-electron chi connectivity index (χ1n) is 10.6. The summed E-state index contributed by atoms with van der Waals surface area (Å²) < 4.78 is 0. The molecule has 0 radical (unpaired) electrons. The van der Waals surface area contributed by atoms with Crippen LogP contribution in [0.4, 0.5) is 4.79 Å². The third-order valence-electron chi connectivity index (χ3n) is 6.87. The van der Waals surface area contributed by atoms with E-state index in [0.29, 0.717) is 17.5 Å². The van der Waals surface area contributed by atoms with Gasteiger partial charge in [0.05, 0.1) is 0 Å². The molecule has 1 aromatic carbocycles. The first-order chi connectivity index (χ1) is 12.7. The average molecular weight is 356 g/mol. The molecule has 1 saturated carbocycles. The van der Waals surface area contributed by atoms with Gasteiger partial charge in [-0.3, -0.25) is 4.90 Å². The molecule has 3 aliphatic rings. The number of hydrogen-bond donors (Lipinski definition) is 1. The third-order valence-corrected chi connectivity index (χ3v) is 6.87. The largest absolute Gasteiger partial charge is 0.338 e. The molecule has 4 heteroatoms. The van der Waals surface area contributed by atoms with Crippen molar-refractivity contribution < 1.29 is 4.79 Å². The van der Waals surface area contributed by atoms with Crippen LogP contribution in [-0.4, -0.2) is 48.1 Å². The Morgan fingerprint density at radius 2 is 1.85 bits per heavy atom. The van der Waals surface area contributed by atoms with Gasteiger partial charge in [0.1, 0.15) is 0 Å². The molecule has 2 heterocycles. The van der Waals surface area contributed by atoms with Crippen molar-refractivity contribution in [2.24, 2.45) is 5.41 Å². The Balaban J connectivity index is 1.41. The lowest BCUT2D eigenvalue weighted by Crippen LogP contribution is -2.62. The van der Waals surface area contributed by atoms with E-state index in [1.165, 1.54) is 37.8 Å². The maximum absolute atomic E-state index is 12.2. The monoisotopic (exact) mass is 355 g/mol. The zero-order valence-corrected chi connectivity index (χ0v) is 16.1. The molecule has 1 atom stereocenters. The highest BCUT2D eigenvalue weighted by Crippen LogP contribution is 2.59. The van der Waals surface area contributed by atoms with Crippen molar-refractivity contribution in [3.05, 3.63) is 35.9 Å². The highest BCUT2D eigenvalue weighted by atomic mass is 16.2. The van der Waals surface area contributed by atoms with E-state index in [2.05, 4.69) is 47.5 Å². The van der Waals surface area contributed by atoms with Gasteiger partial charge in [-0.05, 0) is 37.7 Å². The third kappa shape index (κ3) is 3.24.